The van der Waals surface area contributed by atoms with Crippen molar-refractivity contribution in [2.75, 3.05) is 0 Å². The molecule has 0 radical (unpaired) electrons. The fourth-order valence-corrected chi connectivity index (χ4v) is 4.14. The molecule has 1 aliphatic carbocycles. The Bertz CT molecular complexity index is 873. The SMILES string of the molecule is CC(C)Cn1cc(CNSC2CC2)c2ccc(-c3ccnn3C)cc21. The van der Waals surface area contributed by atoms with Gasteiger partial charge in [-0.05, 0) is 36.5 Å². The third-order valence-electron chi connectivity index (χ3n) is 4.68. The lowest BCUT2D eigenvalue weighted by Gasteiger charge is -2.09. The normalized spacial score (nSPS) is 14.7. The average Bonchev–Trinajstić information content (AvgIpc) is 3.21. The van der Waals surface area contributed by atoms with Crippen molar-refractivity contribution in [3.63, 3.8) is 0 Å². The Balaban J connectivity index is 1.69. The van der Waals surface area contributed by atoms with Gasteiger partial charge >= 0.3 is 0 Å². The summed E-state index contributed by atoms with van der Waals surface area (Å²) in [7, 11) is 2.00. The highest BCUT2D eigenvalue weighted by Crippen LogP contribution is 2.33. The van der Waals surface area contributed by atoms with Gasteiger partial charge in [0.05, 0.1) is 5.69 Å². The van der Waals surface area contributed by atoms with Crippen LogP contribution in [-0.4, -0.2) is 19.6 Å². The Labute approximate surface area is 153 Å². The molecule has 2 aromatic heterocycles. The summed E-state index contributed by atoms with van der Waals surface area (Å²) in [5, 5.41) is 6.50. The molecule has 132 valence electrons. The summed E-state index contributed by atoms with van der Waals surface area (Å²) in [5.41, 5.74) is 5.09. The topological polar surface area (TPSA) is 34.8 Å². The molecule has 0 saturated heterocycles. The summed E-state index contributed by atoms with van der Waals surface area (Å²) in [6.07, 6.45) is 6.91. The molecule has 0 aliphatic heterocycles. The maximum absolute atomic E-state index is 4.31. The van der Waals surface area contributed by atoms with Crippen molar-refractivity contribution in [1.82, 2.24) is 19.1 Å². The van der Waals surface area contributed by atoms with Crippen LogP contribution in [0.1, 0.15) is 32.3 Å². The van der Waals surface area contributed by atoms with E-state index in [0.29, 0.717) is 5.92 Å². The summed E-state index contributed by atoms with van der Waals surface area (Å²) in [6.45, 7) is 6.52. The molecule has 0 unspecified atom stereocenters. The van der Waals surface area contributed by atoms with Gasteiger partial charge in [0, 0.05) is 54.2 Å². The number of aryl methyl sites for hydroxylation is 1. The van der Waals surface area contributed by atoms with E-state index in [-0.39, 0.29) is 0 Å². The highest BCUT2D eigenvalue weighted by molar-refractivity contribution is 7.98. The molecular formula is C20H26N4S. The second kappa shape index (κ2) is 6.89. The first-order valence-electron chi connectivity index (χ1n) is 9.10. The number of fused-ring (bicyclic) bond motifs is 1. The average molecular weight is 355 g/mol. The van der Waals surface area contributed by atoms with E-state index >= 15 is 0 Å². The van der Waals surface area contributed by atoms with Gasteiger partial charge in [-0.15, -0.1) is 0 Å². The first-order valence-corrected chi connectivity index (χ1v) is 9.98. The monoisotopic (exact) mass is 354 g/mol. The standard InChI is InChI=1S/C20H26N4S/c1-14(2)12-24-13-16(11-22-25-17-5-6-17)18-7-4-15(10-20(18)24)19-8-9-21-23(19)3/h4,7-10,13-14,17,22H,5-6,11-12H2,1-3H3. The van der Waals surface area contributed by atoms with Crippen molar-refractivity contribution in [1.29, 1.82) is 0 Å². The van der Waals surface area contributed by atoms with E-state index in [1.807, 2.05) is 29.9 Å². The summed E-state index contributed by atoms with van der Waals surface area (Å²) >= 11 is 1.90. The van der Waals surface area contributed by atoms with Gasteiger partial charge in [0.25, 0.3) is 0 Å². The van der Waals surface area contributed by atoms with Crippen LogP contribution in [0.2, 0.25) is 0 Å². The van der Waals surface area contributed by atoms with Crippen LogP contribution >= 0.6 is 11.9 Å². The van der Waals surface area contributed by atoms with Crippen molar-refractivity contribution >= 4 is 22.9 Å². The molecule has 1 aromatic carbocycles. The molecule has 0 spiro atoms. The van der Waals surface area contributed by atoms with Crippen LogP contribution in [0, 0.1) is 5.92 Å². The van der Waals surface area contributed by atoms with Crippen molar-refractivity contribution in [3.05, 3.63) is 42.2 Å². The molecule has 0 amide bonds. The number of nitrogens with zero attached hydrogens (tertiary/aromatic N) is 3. The van der Waals surface area contributed by atoms with Crippen LogP contribution in [0.4, 0.5) is 0 Å². The van der Waals surface area contributed by atoms with Crippen LogP contribution in [0.3, 0.4) is 0 Å². The van der Waals surface area contributed by atoms with Crippen LogP contribution < -0.4 is 4.72 Å². The Morgan fingerprint density at radius 3 is 2.80 bits per heavy atom. The molecule has 4 nitrogen and oxygen atoms in total. The molecule has 0 atom stereocenters. The largest absolute Gasteiger partial charge is 0.347 e. The van der Waals surface area contributed by atoms with Gasteiger partial charge in [0.1, 0.15) is 0 Å². The Morgan fingerprint density at radius 2 is 2.12 bits per heavy atom. The van der Waals surface area contributed by atoms with Gasteiger partial charge in [0.15, 0.2) is 0 Å². The lowest BCUT2D eigenvalue weighted by atomic mass is 10.1. The minimum absolute atomic E-state index is 0.623. The Kier molecular flexibility index (Phi) is 4.61. The van der Waals surface area contributed by atoms with E-state index in [2.05, 4.69) is 58.7 Å². The number of nitrogens with one attached hydrogen (secondary N) is 1. The third kappa shape index (κ3) is 3.62. The summed E-state index contributed by atoms with van der Waals surface area (Å²) < 4.78 is 7.91. The zero-order valence-electron chi connectivity index (χ0n) is 15.2. The van der Waals surface area contributed by atoms with Crippen LogP contribution in [0.15, 0.2) is 36.7 Å². The molecular weight excluding hydrogens is 328 g/mol. The molecule has 1 saturated carbocycles. The summed E-state index contributed by atoms with van der Waals surface area (Å²) in [6, 6.07) is 8.88. The number of benzene rings is 1. The van der Waals surface area contributed by atoms with Crippen LogP contribution in [0.5, 0.6) is 0 Å². The fourth-order valence-electron chi connectivity index (χ4n) is 3.29. The van der Waals surface area contributed by atoms with Gasteiger partial charge < -0.3 is 4.57 Å². The molecule has 5 heteroatoms. The van der Waals surface area contributed by atoms with Crippen molar-refractivity contribution in [2.45, 2.75) is 45.0 Å². The second-order valence-electron chi connectivity index (χ2n) is 7.41. The van der Waals surface area contributed by atoms with Crippen molar-refractivity contribution in [3.8, 4) is 11.3 Å². The van der Waals surface area contributed by atoms with E-state index in [4.69, 9.17) is 0 Å². The Morgan fingerprint density at radius 1 is 1.28 bits per heavy atom. The Hall–Kier alpha value is -1.72. The number of hydrogen-bond donors (Lipinski definition) is 1. The zero-order chi connectivity index (χ0) is 17.4. The molecule has 1 fully saturated rings. The van der Waals surface area contributed by atoms with Gasteiger partial charge in [-0.1, -0.05) is 37.9 Å². The molecule has 25 heavy (non-hydrogen) atoms. The smallest absolute Gasteiger partial charge is 0.0679 e. The highest BCUT2D eigenvalue weighted by Gasteiger charge is 2.22. The lowest BCUT2D eigenvalue weighted by Crippen LogP contribution is -2.05. The zero-order valence-corrected chi connectivity index (χ0v) is 16.0. The van der Waals surface area contributed by atoms with Gasteiger partial charge in [-0.2, -0.15) is 5.10 Å². The van der Waals surface area contributed by atoms with Crippen LogP contribution in [0.25, 0.3) is 22.2 Å². The van der Waals surface area contributed by atoms with Crippen molar-refractivity contribution < 1.29 is 0 Å². The molecule has 3 aromatic rings. The van der Waals surface area contributed by atoms with Gasteiger partial charge in [0.2, 0.25) is 0 Å². The summed E-state index contributed by atoms with van der Waals surface area (Å²) in [4.78, 5) is 0. The van der Waals surface area contributed by atoms with Gasteiger partial charge in [-0.25, -0.2) is 0 Å². The predicted octanol–water partition coefficient (Wildman–Crippen LogP) is 4.60. The van der Waals surface area contributed by atoms with E-state index in [9.17, 15) is 0 Å². The molecule has 1 N–H and O–H groups in total. The molecule has 0 bridgehead atoms. The van der Waals surface area contributed by atoms with Crippen LogP contribution in [-0.2, 0) is 20.1 Å². The fraction of sp³-hybridized carbons (Fsp3) is 0.450. The molecule has 1 aliphatic rings. The number of aromatic nitrogens is 3. The van der Waals surface area contributed by atoms with Gasteiger partial charge in [-0.3, -0.25) is 9.40 Å². The number of hydrogen-bond acceptors (Lipinski definition) is 3. The highest BCUT2D eigenvalue weighted by atomic mass is 32.2. The minimum atomic E-state index is 0.623. The number of rotatable bonds is 7. The maximum atomic E-state index is 4.31. The first kappa shape index (κ1) is 16.7. The maximum Gasteiger partial charge on any atom is 0.0679 e. The first-order chi connectivity index (χ1) is 12.1. The second-order valence-corrected chi connectivity index (χ2v) is 8.60. The van der Waals surface area contributed by atoms with E-state index < -0.39 is 0 Å². The quantitative estimate of drug-likeness (QED) is 0.630. The lowest BCUT2D eigenvalue weighted by molar-refractivity contribution is 0.534. The molecule has 4 rings (SSSR count). The van der Waals surface area contributed by atoms with E-state index in [0.717, 1.165) is 24.0 Å². The van der Waals surface area contributed by atoms with Crippen molar-refractivity contribution in [2.24, 2.45) is 13.0 Å². The van der Waals surface area contributed by atoms with E-state index in [1.54, 1.807) is 0 Å². The van der Waals surface area contributed by atoms with E-state index in [1.165, 1.54) is 34.9 Å². The predicted molar refractivity (Wildman–Crippen MR) is 106 cm³/mol. The molecule has 2 heterocycles. The third-order valence-corrected chi connectivity index (χ3v) is 5.80. The minimum Gasteiger partial charge on any atom is -0.347 e. The summed E-state index contributed by atoms with van der Waals surface area (Å²) in [5.74, 6) is 0.623.